The van der Waals surface area contributed by atoms with E-state index in [1.165, 1.54) is 0 Å². The van der Waals surface area contributed by atoms with Gasteiger partial charge in [0.2, 0.25) is 0 Å². The zero-order valence-corrected chi connectivity index (χ0v) is 11.8. The van der Waals surface area contributed by atoms with Crippen LogP contribution in [-0.2, 0) is 33.0 Å². The fraction of sp³-hybridized carbons (Fsp3) is 0.429. The van der Waals surface area contributed by atoms with Crippen LogP contribution in [0, 0.1) is 29.7 Å². The molecule has 5 heteroatoms. The molecule has 0 heterocycles. The van der Waals surface area contributed by atoms with E-state index in [4.69, 9.17) is 13.6 Å². The minimum atomic E-state index is -1.36. The van der Waals surface area contributed by atoms with Gasteiger partial charge in [0.1, 0.15) is 0 Å². The van der Waals surface area contributed by atoms with Gasteiger partial charge in [0, 0.05) is 0 Å². The average molecular weight is 286 g/mol. The molecule has 0 aliphatic carbocycles. The van der Waals surface area contributed by atoms with Crippen molar-refractivity contribution >= 4 is 8.60 Å². The summed E-state index contributed by atoms with van der Waals surface area (Å²) in [4.78, 5) is 0. The van der Waals surface area contributed by atoms with Crippen LogP contribution in [0.5, 0.6) is 0 Å². The van der Waals surface area contributed by atoms with Gasteiger partial charge in [0.25, 0.3) is 0 Å². The first-order valence-corrected chi connectivity index (χ1v) is 3.06. The molecule has 0 unspecified atom stereocenters. The van der Waals surface area contributed by atoms with E-state index in [0.29, 0.717) is 0 Å². The number of hydrogen-bond acceptors (Lipinski definition) is 3. The molecule has 0 saturated carbocycles. The first-order chi connectivity index (χ1) is 3.35. The van der Waals surface area contributed by atoms with Crippen LogP contribution in [0.1, 0.15) is 0 Å². The first kappa shape index (κ1) is 38.3. The molecule has 0 aromatic carbocycles. The van der Waals surface area contributed by atoms with Gasteiger partial charge in [0.05, 0.1) is 21.3 Å². The fourth-order valence-corrected chi connectivity index (χ4v) is 0.750. The Morgan fingerprint density at radius 3 is 0.833 bits per heavy atom. The topological polar surface area (TPSA) is 27.7 Å². The standard InChI is InChI=1S/C3H10O3P.4CH3.Ru/c1-4-7(5-2)6-3;;;;;/h7H,1-3H3;4*1H3;/q+1;4*-1;+4. The maximum atomic E-state index is 4.71. The van der Waals surface area contributed by atoms with Crippen LogP contribution in [0.15, 0.2) is 0 Å². The predicted molar refractivity (Wildman–Crippen MR) is 55.0 cm³/mol. The van der Waals surface area contributed by atoms with Crippen molar-refractivity contribution in [2.24, 2.45) is 0 Å². The van der Waals surface area contributed by atoms with Gasteiger partial charge in [-0.3, -0.25) is 0 Å². The van der Waals surface area contributed by atoms with Crippen LogP contribution in [0.4, 0.5) is 0 Å². The Labute approximate surface area is 92.9 Å². The predicted octanol–water partition coefficient (Wildman–Crippen LogP) is 2.68. The van der Waals surface area contributed by atoms with Crippen molar-refractivity contribution in [2.45, 2.75) is 0 Å². The minimum Gasteiger partial charge on any atom is -0.358 e. The minimum absolute atomic E-state index is 0. The summed E-state index contributed by atoms with van der Waals surface area (Å²) in [6.07, 6.45) is 0. The van der Waals surface area contributed by atoms with Crippen LogP contribution in [0.3, 0.4) is 0 Å². The van der Waals surface area contributed by atoms with Gasteiger partial charge >= 0.3 is 28.1 Å². The molecule has 0 rings (SSSR count). The van der Waals surface area contributed by atoms with Crippen LogP contribution in [0.25, 0.3) is 0 Å². The zero-order valence-electron chi connectivity index (χ0n) is 9.08. The van der Waals surface area contributed by atoms with Crippen molar-refractivity contribution in [1.82, 2.24) is 0 Å². The molecular formula is C7H22O3PRu+. The largest absolute Gasteiger partial charge is 4.00 e. The summed E-state index contributed by atoms with van der Waals surface area (Å²) in [6, 6.07) is 0. The summed E-state index contributed by atoms with van der Waals surface area (Å²) in [6.45, 7) is 0. The quantitative estimate of drug-likeness (QED) is 0.453. The van der Waals surface area contributed by atoms with E-state index in [9.17, 15) is 0 Å². The molecule has 0 saturated heterocycles. The van der Waals surface area contributed by atoms with Crippen molar-refractivity contribution in [1.29, 1.82) is 0 Å². The molecule has 0 aromatic heterocycles. The fourth-order valence-electron chi connectivity index (χ4n) is 0.250. The second-order valence-electron chi connectivity index (χ2n) is 0.862. The molecule has 0 bridgehead atoms. The Hall–Kier alpha value is 0.933. The third-order valence-corrected chi connectivity index (χ3v) is 1.50. The Morgan fingerprint density at radius 1 is 0.667 bits per heavy atom. The SMILES string of the molecule is CO[PH+](OC)OC.[CH3-].[CH3-].[CH3-].[CH3-].[Ru+4]. The summed E-state index contributed by atoms with van der Waals surface area (Å²) in [5.74, 6) is 0. The Kier molecular flexibility index (Phi) is 94.7. The van der Waals surface area contributed by atoms with Gasteiger partial charge < -0.3 is 29.7 Å². The summed E-state index contributed by atoms with van der Waals surface area (Å²) in [7, 11) is 3.31. The molecule has 0 radical (unpaired) electrons. The molecule has 0 aliphatic heterocycles. The van der Waals surface area contributed by atoms with Gasteiger partial charge in [0.15, 0.2) is 0 Å². The van der Waals surface area contributed by atoms with Crippen molar-refractivity contribution in [2.75, 3.05) is 21.3 Å². The van der Waals surface area contributed by atoms with E-state index < -0.39 is 8.60 Å². The maximum Gasteiger partial charge on any atom is 4.00 e. The summed E-state index contributed by atoms with van der Waals surface area (Å²) in [5.41, 5.74) is 0. The molecule has 0 amide bonds. The third kappa shape index (κ3) is 22.4. The number of rotatable bonds is 3. The molecule has 0 atom stereocenters. The van der Waals surface area contributed by atoms with E-state index >= 15 is 0 Å². The Morgan fingerprint density at radius 2 is 0.833 bits per heavy atom. The van der Waals surface area contributed by atoms with Gasteiger partial charge in [-0.25, -0.2) is 0 Å². The Bertz CT molecular complexity index is 40.1. The molecule has 0 N–H and O–H groups in total. The second kappa shape index (κ2) is 29.7. The van der Waals surface area contributed by atoms with Crippen LogP contribution < -0.4 is 0 Å². The maximum absolute atomic E-state index is 4.71. The molecule has 12 heavy (non-hydrogen) atoms. The Balaban J connectivity index is -0.0000000180. The van der Waals surface area contributed by atoms with Gasteiger partial charge in [-0.2, -0.15) is 13.6 Å². The third-order valence-electron chi connectivity index (χ3n) is 0.500. The molecule has 0 aromatic rings. The molecule has 0 spiro atoms. The molecular weight excluding hydrogens is 264 g/mol. The number of hydrogen-bond donors (Lipinski definition) is 0. The smallest absolute Gasteiger partial charge is 0.358 e. The summed E-state index contributed by atoms with van der Waals surface area (Å²) < 4.78 is 14.1. The van der Waals surface area contributed by atoms with E-state index in [1.807, 2.05) is 0 Å². The van der Waals surface area contributed by atoms with E-state index in [1.54, 1.807) is 21.3 Å². The van der Waals surface area contributed by atoms with Crippen molar-refractivity contribution in [3.05, 3.63) is 29.7 Å². The first-order valence-electron chi connectivity index (χ1n) is 1.84. The van der Waals surface area contributed by atoms with Crippen LogP contribution >= 0.6 is 8.60 Å². The molecule has 80 valence electrons. The molecule has 0 fully saturated rings. The second-order valence-corrected chi connectivity index (χ2v) is 2.59. The molecule has 3 nitrogen and oxygen atoms in total. The van der Waals surface area contributed by atoms with Crippen LogP contribution in [-0.4, -0.2) is 21.3 Å². The van der Waals surface area contributed by atoms with Crippen molar-refractivity contribution < 1.29 is 33.0 Å². The molecule has 0 aliphatic rings. The van der Waals surface area contributed by atoms with Crippen molar-refractivity contribution in [3.8, 4) is 0 Å². The van der Waals surface area contributed by atoms with E-state index in [-0.39, 0.29) is 49.2 Å². The van der Waals surface area contributed by atoms with E-state index in [2.05, 4.69) is 0 Å². The van der Waals surface area contributed by atoms with E-state index in [0.717, 1.165) is 0 Å². The van der Waals surface area contributed by atoms with Gasteiger partial charge in [-0.1, -0.05) is 0 Å². The van der Waals surface area contributed by atoms with Gasteiger partial charge in [-0.15, -0.1) is 0 Å². The zero-order chi connectivity index (χ0) is 5.70. The van der Waals surface area contributed by atoms with Crippen molar-refractivity contribution in [3.63, 3.8) is 0 Å². The summed E-state index contributed by atoms with van der Waals surface area (Å²) in [5, 5.41) is 0. The summed E-state index contributed by atoms with van der Waals surface area (Å²) >= 11 is 0. The van der Waals surface area contributed by atoms with Crippen LogP contribution in [0.2, 0.25) is 0 Å². The average Bonchev–Trinajstić information content (AvgIpc) is 1.72. The van der Waals surface area contributed by atoms with Gasteiger partial charge in [-0.05, 0) is 0 Å². The monoisotopic (exact) mass is 287 g/mol. The normalized spacial score (nSPS) is 6.00.